The molecule has 0 saturated heterocycles. The van der Waals surface area contributed by atoms with Gasteiger partial charge >= 0.3 is 0 Å². The van der Waals surface area contributed by atoms with Gasteiger partial charge in [0.15, 0.2) is 13.1 Å². The van der Waals surface area contributed by atoms with E-state index < -0.39 is 0 Å². The van der Waals surface area contributed by atoms with Crippen LogP contribution in [0.15, 0.2) is 12.1 Å². The minimum atomic E-state index is -0.0585. The van der Waals surface area contributed by atoms with Crippen molar-refractivity contribution in [1.82, 2.24) is 5.32 Å². The minimum absolute atomic E-state index is 0.0394. The van der Waals surface area contributed by atoms with E-state index in [-0.39, 0.29) is 18.4 Å². The van der Waals surface area contributed by atoms with Crippen LogP contribution in [-0.2, 0) is 9.59 Å². The van der Waals surface area contributed by atoms with Crippen molar-refractivity contribution in [2.75, 3.05) is 25.5 Å². The van der Waals surface area contributed by atoms with Crippen molar-refractivity contribution in [3.05, 3.63) is 28.8 Å². The summed E-state index contributed by atoms with van der Waals surface area (Å²) in [7, 11) is 1.89. The molecule has 0 spiro atoms. The molecule has 2 amide bonds. The number of anilines is 1. The molecule has 144 valence electrons. The molecule has 3 N–H and O–H groups in total. The SMILES string of the molecule is Cc1cc(C)c(NC(=O)C[NH+](C)CC(=O)NC2CCC(C)CC2)c(C)c1. The standard InChI is InChI=1S/C21H33N3O2/c1-14-6-8-18(9-7-14)22-19(25)12-24(5)13-20(26)23-21-16(3)10-15(2)11-17(21)4/h10-11,14,18H,6-9,12-13H2,1-5H3,(H,22,25)(H,23,26)/p+1. The van der Waals surface area contributed by atoms with Crippen LogP contribution in [0.3, 0.4) is 0 Å². The van der Waals surface area contributed by atoms with Gasteiger partial charge in [0.25, 0.3) is 11.8 Å². The molecule has 2 rings (SSSR count). The van der Waals surface area contributed by atoms with Crippen molar-refractivity contribution in [3.63, 3.8) is 0 Å². The van der Waals surface area contributed by atoms with Gasteiger partial charge in [-0.2, -0.15) is 0 Å². The number of amides is 2. The predicted octanol–water partition coefficient (Wildman–Crippen LogP) is 1.76. The number of carbonyl (C=O) groups excluding carboxylic acids is 2. The van der Waals surface area contributed by atoms with Crippen molar-refractivity contribution in [2.24, 2.45) is 5.92 Å². The molecular formula is C21H34N3O2+. The molecular weight excluding hydrogens is 326 g/mol. The van der Waals surface area contributed by atoms with Crippen LogP contribution in [0.5, 0.6) is 0 Å². The van der Waals surface area contributed by atoms with E-state index in [1.807, 2.05) is 20.9 Å². The van der Waals surface area contributed by atoms with Crippen LogP contribution in [0, 0.1) is 26.7 Å². The van der Waals surface area contributed by atoms with Crippen molar-refractivity contribution < 1.29 is 14.5 Å². The molecule has 1 atom stereocenters. The van der Waals surface area contributed by atoms with Gasteiger partial charge in [-0.25, -0.2) is 0 Å². The maximum atomic E-state index is 12.4. The zero-order valence-electron chi connectivity index (χ0n) is 16.9. The van der Waals surface area contributed by atoms with Gasteiger partial charge in [-0.3, -0.25) is 9.59 Å². The Bertz CT molecular complexity index is 626. The van der Waals surface area contributed by atoms with Gasteiger partial charge in [-0.1, -0.05) is 24.6 Å². The van der Waals surface area contributed by atoms with Gasteiger partial charge in [0.2, 0.25) is 0 Å². The summed E-state index contributed by atoms with van der Waals surface area (Å²) in [6.07, 6.45) is 4.51. The Kier molecular flexibility index (Phi) is 7.21. The van der Waals surface area contributed by atoms with Gasteiger partial charge in [0.05, 0.1) is 7.05 Å². The lowest BCUT2D eigenvalue weighted by Crippen LogP contribution is -3.11. The molecule has 5 heteroatoms. The number of likely N-dealkylation sites (N-methyl/N-ethyl adjacent to an activating group) is 1. The molecule has 1 aliphatic rings. The smallest absolute Gasteiger partial charge is 0.279 e. The molecule has 0 bridgehead atoms. The van der Waals surface area contributed by atoms with E-state index in [1.165, 1.54) is 18.4 Å². The molecule has 1 aromatic rings. The Balaban J connectivity index is 1.79. The van der Waals surface area contributed by atoms with Crippen molar-refractivity contribution >= 4 is 17.5 Å². The highest BCUT2D eigenvalue weighted by atomic mass is 16.2. The second-order valence-electron chi connectivity index (χ2n) is 8.16. The van der Waals surface area contributed by atoms with Crippen LogP contribution in [0.25, 0.3) is 0 Å². The molecule has 1 fully saturated rings. The second-order valence-corrected chi connectivity index (χ2v) is 8.16. The normalized spacial score (nSPS) is 21.1. The summed E-state index contributed by atoms with van der Waals surface area (Å²) in [4.78, 5) is 25.5. The fraction of sp³-hybridized carbons (Fsp3) is 0.619. The van der Waals surface area contributed by atoms with Crippen molar-refractivity contribution in [1.29, 1.82) is 0 Å². The van der Waals surface area contributed by atoms with Crippen LogP contribution in [0.2, 0.25) is 0 Å². The number of hydrogen-bond donors (Lipinski definition) is 3. The Morgan fingerprint density at radius 2 is 1.54 bits per heavy atom. The third kappa shape index (κ3) is 6.13. The zero-order chi connectivity index (χ0) is 19.3. The van der Waals surface area contributed by atoms with Crippen LogP contribution in [0.1, 0.15) is 49.3 Å². The first kappa shape index (κ1) is 20.4. The van der Waals surface area contributed by atoms with Crippen LogP contribution in [-0.4, -0.2) is 38.0 Å². The lowest BCUT2D eigenvalue weighted by molar-refractivity contribution is -0.862. The van der Waals surface area contributed by atoms with Gasteiger partial charge in [0, 0.05) is 11.7 Å². The summed E-state index contributed by atoms with van der Waals surface area (Å²) < 4.78 is 0. The fourth-order valence-electron chi connectivity index (χ4n) is 3.85. The third-order valence-electron chi connectivity index (χ3n) is 5.25. The Hall–Kier alpha value is -1.88. The average Bonchev–Trinajstić information content (AvgIpc) is 2.52. The number of nitrogens with one attached hydrogen (secondary N) is 3. The molecule has 1 aromatic carbocycles. The van der Waals surface area contributed by atoms with E-state index in [2.05, 4.69) is 36.6 Å². The quantitative estimate of drug-likeness (QED) is 0.724. The predicted molar refractivity (Wildman–Crippen MR) is 105 cm³/mol. The molecule has 5 nitrogen and oxygen atoms in total. The lowest BCUT2D eigenvalue weighted by atomic mass is 9.87. The maximum Gasteiger partial charge on any atom is 0.279 e. The van der Waals surface area contributed by atoms with Crippen LogP contribution >= 0.6 is 0 Å². The molecule has 0 aliphatic heterocycles. The second kappa shape index (κ2) is 9.17. The van der Waals surface area contributed by atoms with Gasteiger partial charge in [-0.15, -0.1) is 0 Å². The maximum absolute atomic E-state index is 12.4. The molecule has 0 heterocycles. The van der Waals surface area contributed by atoms with Gasteiger partial charge in [-0.05, 0) is 63.5 Å². The number of aryl methyl sites for hydroxylation is 3. The summed E-state index contributed by atoms with van der Waals surface area (Å²) in [5.41, 5.74) is 4.21. The molecule has 1 aliphatic carbocycles. The van der Waals surface area contributed by atoms with Gasteiger partial charge < -0.3 is 15.5 Å². The van der Waals surface area contributed by atoms with E-state index in [0.29, 0.717) is 12.6 Å². The highest BCUT2D eigenvalue weighted by Gasteiger charge is 2.22. The van der Waals surface area contributed by atoms with Crippen LogP contribution < -0.4 is 15.5 Å². The summed E-state index contributed by atoms with van der Waals surface area (Å²) in [6.45, 7) is 8.93. The number of quaternary nitrogens is 1. The lowest BCUT2D eigenvalue weighted by Gasteiger charge is -2.27. The first-order valence-corrected chi connectivity index (χ1v) is 9.73. The van der Waals surface area contributed by atoms with Gasteiger partial charge in [0.1, 0.15) is 0 Å². The van der Waals surface area contributed by atoms with E-state index in [0.717, 1.165) is 40.5 Å². The highest BCUT2D eigenvalue weighted by Crippen LogP contribution is 2.23. The largest absolute Gasteiger partial charge is 0.348 e. The fourth-order valence-corrected chi connectivity index (χ4v) is 3.85. The Morgan fingerprint density at radius 3 is 2.12 bits per heavy atom. The average molecular weight is 361 g/mol. The number of benzene rings is 1. The summed E-state index contributed by atoms with van der Waals surface area (Å²) in [5, 5.41) is 6.13. The van der Waals surface area contributed by atoms with Crippen LogP contribution in [0.4, 0.5) is 5.69 Å². The zero-order valence-corrected chi connectivity index (χ0v) is 16.9. The van der Waals surface area contributed by atoms with Crippen molar-refractivity contribution in [2.45, 2.75) is 59.4 Å². The number of hydrogen-bond acceptors (Lipinski definition) is 2. The molecule has 1 unspecified atom stereocenters. The Labute approximate surface area is 157 Å². The van der Waals surface area contributed by atoms with E-state index in [1.54, 1.807) is 0 Å². The summed E-state index contributed by atoms with van der Waals surface area (Å²) in [5.74, 6) is 0.753. The monoisotopic (exact) mass is 360 g/mol. The number of rotatable bonds is 6. The summed E-state index contributed by atoms with van der Waals surface area (Å²) in [6, 6.07) is 4.44. The Morgan fingerprint density at radius 1 is 1.00 bits per heavy atom. The number of carbonyl (C=O) groups is 2. The van der Waals surface area contributed by atoms with E-state index in [4.69, 9.17) is 0 Å². The minimum Gasteiger partial charge on any atom is -0.348 e. The molecule has 0 aromatic heterocycles. The first-order chi connectivity index (χ1) is 12.2. The topological polar surface area (TPSA) is 62.6 Å². The molecule has 0 radical (unpaired) electrons. The highest BCUT2D eigenvalue weighted by molar-refractivity contribution is 5.93. The van der Waals surface area contributed by atoms with E-state index in [9.17, 15) is 9.59 Å². The van der Waals surface area contributed by atoms with E-state index >= 15 is 0 Å². The first-order valence-electron chi connectivity index (χ1n) is 9.73. The molecule has 26 heavy (non-hydrogen) atoms. The summed E-state index contributed by atoms with van der Waals surface area (Å²) >= 11 is 0. The molecule has 1 saturated carbocycles. The van der Waals surface area contributed by atoms with Crippen molar-refractivity contribution in [3.8, 4) is 0 Å². The third-order valence-corrected chi connectivity index (χ3v) is 5.25.